The van der Waals surface area contributed by atoms with Gasteiger partial charge in [-0.1, -0.05) is 43.6 Å². The first-order valence-corrected chi connectivity index (χ1v) is 7.49. The fourth-order valence-corrected chi connectivity index (χ4v) is 2.12. The second-order valence-corrected chi connectivity index (χ2v) is 4.88. The molecule has 0 amide bonds. The van der Waals surface area contributed by atoms with Gasteiger partial charge < -0.3 is 15.5 Å². The summed E-state index contributed by atoms with van der Waals surface area (Å²) < 4.78 is 0. The maximum absolute atomic E-state index is 6.13. The molecule has 5 heteroatoms. The van der Waals surface area contributed by atoms with Crippen LogP contribution in [0.1, 0.15) is 19.4 Å². The summed E-state index contributed by atoms with van der Waals surface area (Å²) in [4.78, 5) is 6.58. The second-order valence-electron chi connectivity index (χ2n) is 4.47. The first kappa shape index (κ1) is 16.8. The highest BCUT2D eigenvalue weighted by Gasteiger charge is 2.02. The second kappa shape index (κ2) is 9.61. The van der Waals surface area contributed by atoms with Crippen LogP contribution in [0.3, 0.4) is 0 Å². The average molecular weight is 297 g/mol. The number of nitrogens with zero attached hydrogens (tertiary/aromatic N) is 2. The lowest BCUT2D eigenvalue weighted by atomic mass is 10.2. The van der Waals surface area contributed by atoms with Crippen LogP contribution in [-0.4, -0.2) is 44.1 Å². The van der Waals surface area contributed by atoms with Gasteiger partial charge in [-0.25, -0.2) is 0 Å². The highest BCUT2D eigenvalue weighted by atomic mass is 35.5. The summed E-state index contributed by atoms with van der Waals surface area (Å²) in [5, 5.41) is 7.36. The number of aliphatic imine (C=N–C) groups is 1. The minimum Gasteiger partial charge on any atom is -0.355 e. The summed E-state index contributed by atoms with van der Waals surface area (Å²) in [6, 6.07) is 7.83. The number of hydrogen-bond acceptors (Lipinski definition) is 2. The van der Waals surface area contributed by atoms with Gasteiger partial charge in [0.15, 0.2) is 5.96 Å². The number of guanidine groups is 1. The molecule has 1 aromatic rings. The standard InChI is InChI=1S/C15H25ClN4/c1-4-20(5-2)11-10-18-15(17-3)19-12-13-8-6-7-9-14(13)16/h6-9H,4-5,10-12H2,1-3H3,(H2,17,18,19). The molecular weight excluding hydrogens is 272 g/mol. The van der Waals surface area contributed by atoms with E-state index in [-0.39, 0.29) is 0 Å². The Hall–Kier alpha value is -1.26. The minimum atomic E-state index is 0.671. The SMILES string of the molecule is CCN(CC)CCNC(=NC)NCc1ccccc1Cl. The Labute approximate surface area is 127 Å². The summed E-state index contributed by atoms with van der Waals surface area (Å²) in [5.41, 5.74) is 1.07. The van der Waals surface area contributed by atoms with Crippen molar-refractivity contribution in [1.82, 2.24) is 15.5 Å². The van der Waals surface area contributed by atoms with Crippen LogP contribution < -0.4 is 10.6 Å². The molecule has 0 radical (unpaired) electrons. The van der Waals surface area contributed by atoms with E-state index < -0.39 is 0 Å². The lowest BCUT2D eigenvalue weighted by Gasteiger charge is -2.19. The van der Waals surface area contributed by atoms with Crippen molar-refractivity contribution in [2.24, 2.45) is 4.99 Å². The van der Waals surface area contributed by atoms with E-state index in [0.29, 0.717) is 6.54 Å². The lowest BCUT2D eigenvalue weighted by molar-refractivity contribution is 0.308. The largest absolute Gasteiger partial charge is 0.355 e. The highest BCUT2D eigenvalue weighted by Crippen LogP contribution is 2.13. The Morgan fingerprint density at radius 3 is 2.50 bits per heavy atom. The molecule has 0 aliphatic heterocycles. The van der Waals surface area contributed by atoms with Crippen molar-refractivity contribution in [1.29, 1.82) is 0 Å². The molecule has 0 fully saturated rings. The summed E-state index contributed by atoms with van der Waals surface area (Å²) in [5.74, 6) is 0.803. The molecule has 0 aromatic heterocycles. The number of nitrogens with one attached hydrogen (secondary N) is 2. The van der Waals surface area contributed by atoms with Gasteiger partial charge in [0.2, 0.25) is 0 Å². The molecule has 0 heterocycles. The van der Waals surface area contributed by atoms with Gasteiger partial charge >= 0.3 is 0 Å². The minimum absolute atomic E-state index is 0.671. The van der Waals surface area contributed by atoms with Crippen LogP contribution in [0.25, 0.3) is 0 Å². The molecule has 1 rings (SSSR count). The van der Waals surface area contributed by atoms with Crippen molar-refractivity contribution in [2.45, 2.75) is 20.4 Å². The molecule has 0 saturated heterocycles. The third kappa shape index (κ3) is 5.80. The molecule has 1 aromatic carbocycles. The first-order valence-electron chi connectivity index (χ1n) is 7.11. The molecule has 0 saturated carbocycles. The molecule has 0 spiro atoms. The molecular formula is C15H25ClN4. The van der Waals surface area contributed by atoms with Gasteiger partial charge in [0.25, 0.3) is 0 Å². The molecule has 0 atom stereocenters. The number of benzene rings is 1. The zero-order valence-corrected chi connectivity index (χ0v) is 13.4. The average Bonchev–Trinajstić information content (AvgIpc) is 2.48. The van der Waals surface area contributed by atoms with Crippen molar-refractivity contribution < 1.29 is 0 Å². The number of rotatable bonds is 7. The molecule has 20 heavy (non-hydrogen) atoms. The topological polar surface area (TPSA) is 39.7 Å². The predicted molar refractivity (Wildman–Crippen MR) is 87.4 cm³/mol. The van der Waals surface area contributed by atoms with E-state index >= 15 is 0 Å². The van der Waals surface area contributed by atoms with Crippen LogP contribution in [-0.2, 0) is 6.54 Å². The van der Waals surface area contributed by atoms with Gasteiger partial charge in [0.05, 0.1) is 0 Å². The molecule has 0 aliphatic rings. The first-order chi connectivity index (χ1) is 9.71. The summed E-state index contributed by atoms with van der Waals surface area (Å²) in [7, 11) is 1.78. The Bertz CT molecular complexity index is 416. The Balaban J connectivity index is 2.35. The van der Waals surface area contributed by atoms with E-state index in [4.69, 9.17) is 11.6 Å². The fourth-order valence-electron chi connectivity index (χ4n) is 1.91. The molecule has 0 bridgehead atoms. The van der Waals surface area contributed by atoms with Crippen LogP contribution >= 0.6 is 11.6 Å². The van der Waals surface area contributed by atoms with Crippen molar-refractivity contribution in [3.8, 4) is 0 Å². The Morgan fingerprint density at radius 1 is 1.20 bits per heavy atom. The maximum Gasteiger partial charge on any atom is 0.191 e. The molecule has 0 aliphatic carbocycles. The normalized spacial score (nSPS) is 11.8. The quantitative estimate of drug-likeness (QED) is 0.599. The molecule has 4 nitrogen and oxygen atoms in total. The van der Waals surface area contributed by atoms with Gasteiger partial charge in [0, 0.05) is 31.7 Å². The van der Waals surface area contributed by atoms with Gasteiger partial charge in [-0.05, 0) is 24.7 Å². The summed E-state index contributed by atoms with van der Waals surface area (Å²) in [6.45, 7) is 9.06. The van der Waals surface area contributed by atoms with Crippen LogP contribution in [0, 0.1) is 0 Å². The third-order valence-corrected chi connectivity index (χ3v) is 3.61. The van der Waals surface area contributed by atoms with Crippen LogP contribution in [0.4, 0.5) is 0 Å². The smallest absolute Gasteiger partial charge is 0.191 e. The Kier molecular flexibility index (Phi) is 8.07. The maximum atomic E-state index is 6.13. The monoisotopic (exact) mass is 296 g/mol. The van der Waals surface area contributed by atoms with Gasteiger partial charge in [-0.15, -0.1) is 0 Å². The number of halogens is 1. The zero-order valence-electron chi connectivity index (χ0n) is 12.6. The van der Waals surface area contributed by atoms with E-state index in [1.54, 1.807) is 7.05 Å². The van der Waals surface area contributed by atoms with Crippen LogP contribution in [0.5, 0.6) is 0 Å². The molecule has 2 N–H and O–H groups in total. The van der Waals surface area contributed by atoms with E-state index in [2.05, 4.69) is 34.4 Å². The van der Waals surface area contributed by atoms with Crippen molar-refractivity contribution in [3.05, 3.63) is 34.9 Å². The number of hydrogen-bond donors (Lipinski definition) is 2. The van der Waals surface area contributed by atoms with E-state index in [9.17, 15) is 0 Å². The van der Waals surface area contributed by atoms with E-state index in [0.717, 1.165) is 42.7 Å². The van der Waals surface area contributed by atoms with Crippen LogP contribution in [0.15, 0.2) is 29.3 Å². The van der Waals surface area contributed by atoms with Crippen molar-refractivity contribution in [3.63, 3.8) is 0 Å². The summed E-state index contributed by atoms with van der Waals surface area (Å²) in [6.07, 6.45) is 0. The van der Waals surface area contributed by atoms with E-state index in [1.165, 1.54) is 0 Å². The molecule has 0 unspecified atom stereocenters. The van der Waals surface area contributed by atoms with E-state index in [1.807, 2.05) is 24.3 Å². The fraction of sp³-hybridized carbons (Fsp3) is 0.533. The zero-order chi connectivity index (χ0) is 14.8. The van der Waals surface area contributed by atoms with Crippen molar-refractivity contribution >= 4 is 17.6 Å². The van der Waals surface area contributed by atoms with Gasteiger partial charge in [-0.3, -0.25) is 4.99 Å². The van der Waals surface area contributed by atoms with Crippen molar-refractivity contribution in [2.75, 3.05) is 33.2 Å². The predicted octanol–water partition coefficient (Wildman–Crippen LogP) is 2.35. The van der Waals surface area contributed by atoms with Crippen LogP contribution in [0.2, 0.25) is 5.02 Å². The third-order valence-electron chi connectivity index (χ3n) is 3.24. The van der Waals surface area contributed by atoms with Gasteiger partial charge in [-0.2, -0.15) is 0 Å². The Morgan fingerprint density at radius 2 is 1.90 bits per heavy atom. The lowest BCUT2D eigenvalue weighted by Crippen LogP contribution is -2.41. The highest BCUT2D eigenvalue weighted by molar-refractivity contribution is 6.31. The molecule has 112 valence electrons. The summed E-state index contributed by atoms with van der Waals surface area (Å²) >= 11 is 6.13. The van der Waals surface area contributed by atoms with Gasteiger partial charge in [0.1, 0.15) is 0 Å². The number of likely N-dealkylation sites (N-methyl/N-ethyl adjacent to an activating group) is 1.